The Morgan fingerprint density at radius 3 is 2.42 bits per heavy atom. The van der Waals surface area contributed by atoms with E-state index >= 15 is 0 Å². The van der Waals surface area contributed by atoms with Crippen molar-refractivity contribution in [2.75, 3.05) is 16.6 Å². The predicted octanol–water partition coefficient (Wildman–Crippen LogP) is 1.26. The monoisotopic (exact) mass is 321 g/mol. The van der Waals surface area contributed by atoms with Gasteiger partial charge in [-0.1, -0.05) is 28.4 Å². The molecular formula is C11H15NO4S3. The fourth-order valence-corrected chi connectivity index (χ4v) is 8.36. The van der Waals surface area contributed by atoms with Crippen LogP contribution in [0.3, 0.4) is 0 Å². The first-order valence-electron chi connectivity index (χ1n) is 5.71. The number of benzene rings is 1. The van der Waals surface area contributed by atoms with Gasteiger partial charge < -0.3 is 0 Å². The topological polar surface area (TPSA) is 80.6 Å². The lowest BCUT2D eigenvalue weighted by atomic mass is 10.2. The largest absolute Gasteiger partial charge is 0.287 e. The first kappa shape index (κ1) is 14.7. The van der Waals surface area contributed by atoms with Crippen molar-refractivity contribution in [1.82, 2.24) is 0 Å². The van der Waals surface area contributed by atoms with Crippen LogP contribution in [-0.4, -0.2) is 33.4 Å². The molecule has 0 aliphatic carbocycles. The molecule has 1 aromatic rings. The van der Waals surface area contributed by atoms with Gasteiger partial charge in [-0.15, -0.1) is 3.77 Å². The standard InChI is InChI=1S/C11H15NO4S3/c1-10-3-5-11(6-4-10)19(15,16)12-17-7-2-8-18(13,14)9-17/h3-6H,2,7-9H2,1H3. The molecule has 106 valence electrons. The maximum atomic E-state index is 12.1. The summed E-state index contributed by atoms with van der Waals surface area (Å²) >= 11 is 0. The first-order chi connectivity index (χ1) is 8.78. The third-order valence-electron chi connectivity index (χ3n) is 2.67. The van der Waals surface area contributed by atoms with Crippen LogP contribution in [-0.2, 0) is 30.6 Å². The molecule has 1 unspecified atom stereocenters. The van der Waals surface area contributed by atoms with Gasteiger partial charge in [0.25, 0.3) is 10.0 Å². The average Bonchev–Trinajstić information content (AvgIpc) is 2.27. The smallest absolute Gasteiger partial charge is 0.228 e. The Labute approximate surface area is 116 Å². The molecule has 8 heteroatoms. The van der Waals surface area contributed by atoms with Gasteiger partial charge in [0.15, 0.2) is 9.84 Å². The Bertz CT molecular complexity index is 703. The van der Waals surface area contributed by atoms with Crippen molar-refractivity contribution in [2.24, 2.45) is 3.77 Å². The van der Waals surface area contributed by atoms with E-state index in [9.17, 15) is 16.8 Å². The minimum absolute atomic E-state index is 0.119. The number of sulfone groups is 1. The lowest BCUT2D eigenvalue weighted by molar-refractivity contribution is 0.598. The van der Waals surface area contributed by atoms with E-state index in [4.69, 9.17) is 0 Å². The molecule has 5 nitrogen and oxygen atoms in total. The predicted molar refractivity (Wildman–Crippen MR) is 76.3 cm³/mol. The van der Waals surface area contributed by atoms with Crippen LogP contribution in [0.5, 0.6) is 0 Å². The van der Waals surface area contributed by atoms with Gasteiger partial charge in [-0.2, -0.15) is 8.42 Å². The van der Waals surface area contributed by atoms with Crippen molar-refractivity contribution in [3.8, 4) is 0 Å². The quantitative estimate of drug-likeness (QED) is 0.821. The van der Waals surface area contributed by atoms with E-state index < -0.39 is 30.6 Å². The lowest BCUT2D eigenvalue weighted by Crippen LogP contribution is -2.24. The third kappa shape index (κ3) is 3.87. The highest BCUT2D eigenvalue weighted by atomic mass is 32.3. The third-order valence-corrected chi connectivity index (χ3v) is 9.36. The molecule has 1 heterocycles. The molecule has 1 aromatic carbocycles. The van der Waals surface area contributed by atoms with Gasteiger partial charge in [0.05, 0.1) is 10.6 Å². The molecule has 0 radical (unpaired) electrons. The van der Waals surface area contributed by atoms with E-state index in [0.29, 0.717) is 12.2 Å². The second-order valence-corrected chi connectivity index (χ2v) is 10.6. The van der Waals surface area contributed by atoms with Gasteiger partial charge in [-0.25, -0.2) is 8.42 Å². The minimum atomic E-state index is -3.75. The zero-order valence-corrected chi connectivity index (χ0v) is 12.9. The van der Waals surface area contributed by atoms with Crippen LogP contribution < -0.4 is 0 Å². The Morgan fingerprint density at radius 1 is 1.21 bits per heavy atom. The molecule has 0 aromatic heterocycles. The number of sulfonamides is 1. The van der Waals surface area contributed by atoms with Crippen LogP contribution in [0, 0.1) is 6.92 Å². The molecule has 1 atom stereocenters. The number of rotatable bonds is 2. The second-order valence-electron chi connectivity index (χ2n) is 4.45. The summed E-state index contributed by atoms with van der Waals surface area (Å²) in [5, 5.41) is -0.141. The molecular weight excluding hydrogens is 306 g/mol. The molecule has 2 rings (SSSR count). The SMILES string of the molecule is Cc1ccc(S(=O)(=O)N=S2CCCS(=O)(=O)C2)cc1. The summed E-state index contributed by atoms with van der Waals surface area (Å²) in [6, 6.07) is 6.39. The van der Waals surface area contributed by atoms with Crippen LogP contribution in [0.2, 0.25) is 0 Å². The summed E-state index contributed by atoms with van der Waals surface area (Å²) in [6.07, 6.45) is 0.484. The second kappa shape index (κ2) is 5.34. The van der Waals surface area contributed by atoms with Crippen LogP contribution in [0.15, 0.2) is 32.9 Å². The fourth-order valence-electron chi connectivity index (χ4n) is 1.72. The molecule has 0 bridgehead atoms. The maximum Gasteiger partial charge on any atom is 0.287 e. The summed E-state index contributed by atoms with van der Waals surface area (Å²) in [6.45, 7) is 1.86. The van der Waals surface area contributed by atoms with E-state index in [2.05, 4.69) is 3.77 Å². The highest BCUT2D eigenvalue weighted by Gasteiger charge is 2.22. The van der Waals surface area contributed by atoms with Gasteiger partial charge in [0, 0.05) is 5.75 Å². The maximum absolute atomic E-state index is 12.1. The van der Waals surface area contributed by atoms with Gasteiger partial charge >= 0.3 is 0 Å². The van der Waals surface area contributed by atoms with Crippen molar-refractivity contribution in [3.05, 3.63) is 29.8 Å². The number of hydrogen-bond acceptors (Lipinski definition) is 4. The summed E-state index contributed by atoms with van der Waals surface area (Å²) in [7, 11) is -7.83. The van der Waals surface area contributed by atoms with E-state index in [1.54, 1.807) is 12.1 Å². The highest BCUT2D eigenvalue weighted by molar-refractivity contribution is 8.09. The van der Waals surface area contributed by atoms with Crippen molar-refractivity contribution in [3.63, 3.8) is 0 Å². The molecule has 1 aliphatic rings. The van der Waals surface area contributed by atoms with Crippen LogP contribution >= 0.6 is 0 Å². The Kier molecular flexibility index (Phi) is 4.12. The van der Waals surface area contributed by atoms with E-state index in [1.807, 2.05) is 6.92 Å². The highest BCUT2D eigenvalue weighted by Crippen LogP contribution is 2.17. The van der Waals surface area contributed by atoms with Gasteiger partial charge in [-0.3, -0.25) is 0 Å². The normalized spacial score (nSPS) is 23.3. The number of nitrogens with zero attached hydrogens (tertiary/aromatic N) is 1. The van der Waals surface area contributed by atoms with Gasteiger partial charge in [-0.05, 0) is 25.5 Å². The molecule has 0 spiro atoms. The zero-order chi connectivity index (χ0) is 14.1. The molecule has 0 N–H and O–H groups in total. The molecule has 1 fully saturated rings. The molecule has 1 saturated heterocycles. The first-order valence-corrected chi connectivity index (χ1v) is 10.5. The number of hydrogen-bond donors (Lipinski definition) is 0. The van der Waals surface area contributed by atoms with Crippen LogP contribution in [0.25, 0.3) is 0 Å². The summed E-state index contributed by atoms with van der Waals surface area (Å²) in [5.41, 5.74) is 0.960. The summed E-state index contributed by atoms with van der Waals surface area (Å²) < 4.78 is 50.9. The van der Waals surface area contributed by atoms with Crippen molar-refractivity contribution in [2.45, 2.75) is 18.2 Å². The van der Waals surface area contributed by atoms with Gasteiger partial charge in [0.1, 0.15) is 5.08 Å². The summed E-state index contributed by atoms with van der Waals surface area (Å²) in [4.78, 5) is 0.119. The Morgan fingerprint density at radius 2 is 1.84 bits per heavy atom. The van der Waals surface area contributed by atoms with Gasteiger partial charge in [0.2, 0.25) is 0 Å². The van der Waals surface area contributed by atoms with E-state index in [0.717, 1.165) is 5.56 Å². The van der Waals surface area contributed by atoms with Crippen molar-refractivity contribution >= 4 is 30.6 Å². The van der Waals surface area contributed by atoms with E-state index in [1.165, 1.54) is 12.1 Å². The van der Waals surface area contributed by atoms with Crippen LogP contribution in [0.4, 0.5) is 0 Å². The summed E-state index contributed by atoms with van der Waals surface area (Å²) in [5.74, 6) is 0.668. The molecule has 0 amide bonds. The van der Waals surface area contributed by atoms with E-state index in [-0.39, 0.29) is 15.7 Å². The average molecular weight is 321 g/mol. The molecule has 19 heavy (non-hydrogen) atoms. The molecule has 0 saturated carbocycles. The lowest BCUT2D eigenvalue weighted by Gasteiger charge is -2.14. The molecule has 1 aliphatic heterocycles. The van der Waals surface area contributed by atoms with Crippen LogP contribution in [0.1, 0.15) is 12.0 Å². The number of aryl methyl sites for hydroxylation is 1. The zero-order valence-electron chi connectivity index (χ0n) is 10.4. The Hall–Kier alpha value is -0.730. The van der Waals surface area contributed by atoms with Crippen molar-refractivity contribution in [1.29, 1.82) is 0 Å². The fraction of sp³-hybridized carbons (Fsp3) is 0.455. The van der Waals surface area contributed by atoms with Crippen molar-refractivity contribution < 1.29 is 16.8 Å². The Balaban J connectivity index is 2.33. The minimum Gasteiger partial charge on any atom is -0.228 e.